The number of methoxy groups -OCH3 is 1. The second-order valence-electron chi connectivity index (χ2n) is 15.1. The molecular formula is C34H46O16. The van der Waals surface area contributed by atoms with E-state index in [9.17, 15) is 49.8 Å². The monoisotopic (exact) mass is 710 g/mol. The van der Waals surface area contributed by atoms with Gasteiger partial charge in [0, 0.05) is 22.8 Å². The molecule has 5 fully saturated rings. The van der Waals surface area contributed by atoms with Crippen LogP contribution in [0.5, 0.6) is 0 Å². The summed E-state index contributed by atoms with van der Waals surface area (Å²) < 4.78 is 34.3. The molecule has 0 aromatic rings. The van der Waals surface area contributed by atoms with Gasteiger partial charge in [-0.1, -0.05) is 33.3 Å². The van der Waals surface area contributed by atoms with Crippen molar-refractivity contribution >= 4 is 23.7 Å². The van der Waals surface area contributed by atoms with Crippen molar-refractivity contribution in [2.75, 3.05) is 20.3 Å². The fraction of sp³-hybridized carbons (Fsp3) is 0.765. The maximum atomic E-state index is 14.8. The quantitative estimate of drug-likeness (QED) is 0.0976. The topological polar surface area (TPSA) is 245 Å². The van der Waals surface area contributed by atoms with Gasteiger partial charge in [-0.05, 0) is 37.2 Å². The van der Waals surface area contributed by atoms with E-state index in [0.717, 1.165) is 7.11 Å². The second-order valence-corrected chi connectivity index (χ2v) is 15.1. The molecule has 5 unspecified atom stereocenters. The summed E-state index contributed by atoms with van der Waals surface area (Å²) in [6.07, 6.45) is -12.3. The highest BCUT2D eigenvalue weighted by molar-refractivity contribution is 6.00. The Morgan fingerprint density at radius 1 is 1.06 bits per heavy atom. The highest BCUT2D eigenvalue weighted by Gasteiger charge is 2.86. The summed E-state index contributed by atoms with van der Waals surface area (Å²) in [7, 11) is 1.04. The second kappa shape index (κ2) is 12.6. The Morgan fingerprint density at radius 2 is 1.74 bits per heavy atom. The van der Waals surface area contributed by atoms with E-state index >= 15 is 0 Å². The summed E-state index contributed by atoms with van der Waals surface area (Å²) in [4.78, 5) is 55.4. The number of aliphatic hydroxyl groups excluding tert-OH is 6. The van der Waals surface area contributed by atoms with Gasteiger partial charge in [-0.3, -0.25) is 4.79 Å². The van der Waals surface area contributed by atoms with Gasteiger partial charge in [-0.15, -0.1) is 0 Å². The molecule has 16 heteroatoms. The van der Waals surface area contributed by atoms with Gasteiger partial charge in [0.25, 0.3) is 0 Å². The molecule has 0 aromatic heterocycles. The first-order valence-corrected chi connectivity index (χ1v) is 16.8. The van der Waals surface area contributed by atoms with Crippen molar-refractivity contribution in [1.82, 2.24) is 0 Å². The summed E-state index contributed by atoms with van der Waals surface area (Å²) in [6, 6.07) is 0. The van der Waals surface area contributed by atoms with E-state index in [4.69, 9.17) is 28.4 Å². The minimum Gasteiger partial charge on any atom is -0.467 e. The van der Waals surface area contributed by atoms with Gasteiger partial charge in [-0.25, -0.2) is 14.4 Å². The van der Waals surface area contributed by atoms with E-state index in [2.05, 4.69) is 0 Å². The Morgan fingerprint density at radius 3 is 2.36 bits per heavy atom. The van der Waals surface area contributed by atoms with Crippen molar-refractivity contribution in [2.45, 2.75) is 102 Å². The first-order valence-electron chi connectivity index (χ1n) is 16.8. The van der Waals surface area contributed by atoms with Crippen LogP contribution in [0.3, 0.4) is 0 Å². The molecule has 1 spiro atoms. The van der Waals surface area contributed by atoms with Crippen LogP contribution in [0.25, 0.3) is 0 Å². The average Bonchev–Trinajstić information content (AvgIpc) is 3.38. The first kappa shape index (κ1) is 36.8. The van der Waals surface area contributed by atoms with E-state index in [1.807, 2.05) is 13.8 Å². The van der Waals surface area contributed by atoms with E-state index in [-0.39, 0.29) is 18.1 Å². The lowest BCUT2D eigenvalue weighted by molar-refractivity contribution is -0.297. The van der Waals surface area contributed by atoms with Gasteiger partial charge in [0.15, 0.2) is 5.76 Å². The van der Waals surface area contributed by atoms with Crippen LogP contribution in [0.1, 0.15) is 41.0 Å². The average molecular weight is 711 g/mol. The van der Waals surface area contributed by atoms with Crippen molar-refractivity contribution in [3.8, 4) is 0 Å². The number of ketones is 1. The molecule has 3 aliphatic carbocycles. The molecule has 6 N–H and O–H groups in total. The number of ether oxygens (including phenoxy) is 6. The first-order chi connectivity index (χ1) is 23.4. The molecule has 2 bridgehead atoms. The molecule has 0 amide bonds. The van der Waals surface area contributed by atoms with Crippen LogP contribution in [0.15, 0.2) is 23.5 Å². The highest BCUT2D eigenvalue weighted by Crippen LogP contribution is 2.72. The summed E-state index contributed by atoms with van der Waals surface area (Å²) >= 11 is 0. The predicted molar refractivity (Wildman–Crippen MR) is 164 cm³/mol. The minimum absolute atomic E-state index is 0.0391. The lowest BCUT2D eigenvalue weighted by Gasteiger charge is -2.67. The maximum absolute atomic E-state index is 14.8. The van der Waals surface area contributed by atoms with Crippen molar-refractivity contribution in [2.24, 2.45) is 40.4 Å². The molecule has 16 nitrogen and oxygen atoms in total. The van der Waals surface area contributed by atoms with Gasteiger partial charge < -0.3 is 59.1 Å². The largest absolute Gasteiger partial charge is 0.467 e. The molecule has 6 rings (SSSR count). The predicted octanol–water partition coefficient (Wildman–Crippen LogP) is -1.73. The van der Waals surface area contributed by atoms with Crippen molar-refractivity contribution < 1.29 is 78.2 Å². The van der Waals surface area contributed by atoms with Crippen LogP contribution >= 0.6 is 0 Å². The normalized spacial score (nSPS) is 48.2. The number of fused-ring (bicyclic) bond motifs is 2. The highest BCUT2D eigenvalue weighted by atomic mass is 16.7. The number of esters is 3. The smallest absolute Gasteiger partial charge is 0.348 e. The van der Waals surface area contributed by atoms with Crippen LogP contribution in [-0.2, 0) is 47.6 Å². The number of hydrogen-bond acceptors (Lipinski definition) is 16. The fourth-order valence-electron chi connectivity index (χ4n) is 9.71. The summed E-state index contributed by atoms with van der Waals surface area (Å²) in [6.45, 7) is 7.61. The Hall–Kier alpha value is -2.96. The lowest BCUT2D eigenvalue weighted by atomic mass is 9.37. The van der Waals surface area contributed by atoms with Gasteiger partial charge >= 0.3 is 17.9 Å². The Labute approximate surface area is 287 Å². The Balaban J connectivity index is 1.45. The molecule has 3 heterocycles. The van der Waals surface area contributed by atoms with Crippen LogP contribution in [-0.4, -0.2) is 135 Å². The Kier molecular flexibility index (Phi) is 9.29. The lowest BCUT2D eigenvalue weighted by Crippen LogP contribution is -2.80. The van der Waals surface area contributed by atoms with Gasteiger partial charge in [0.05, 0.1) is 32.3 Å². The van der Waals surface area contributed by atoms with Gasteiger partial charge in [0.1, 0.15) is 36.6 Å². The van der Waals surface area contributed by atoms with E-state index in [1.54, 1.807) is 20.8 Å². The minimum atomic E-state index is -2.39. The summed E-state index contributed by atoms with van der Waals surface area (Å²) in [5.74, 6) is -7.99. The number of Topliss-reactive ketones (excluding diaryl/α,β-unsaturated/α-hetero) is 1. The van der Waals surface area contributed by atoms with Crippen LogP contribution < -0.4 is 0 Å². The molecule has 278 valence electrons. The van der Waals surface area contributed by atoms with Crippen LogP contribution in [0.4, 0.5) is 0 Å². The molecule has 50 heavy (non-hydrogen) atoms. The van der Waals surface area contributed by atoms with E-state index in [1.165, 1.54) is 12.2 Å². The van der Waals surface area contributed by atoms with Crippen LogP contribution in [0, 0.1) is 40.4 Å². The van der Waals surface area contributed by atoms with Crippen molar-refractivity contribution in [3.63, 3.8) is 0 Å². The maximum Gasteiger partial charge on any atom is 0.348 e. The molecule has 6 aliphatic rings. The van der Waals surface area contributed by atoms with Crippen molar-refractivity contribution in [1.29, 1.82) is 0 Å². The molecule has 3 saturated heterocycles. The van der Waals surface area contributed by atoms with Crippen molar-refractivity contribution in [3.05, 3.63) is 23.5 Å². The molecule has 0 aromatic carbocycles. The number of carbonyl (C=O) groups is 4. The number of carbonyl (C=O) groups excluding carboxylic acids is 4. The molecule has 3 aliphatic heterocycles. The zero-order chi connectivity index (χ0) is 36.8. The Bertz CT molecular complexity index is 1490. The summed E-state index contributed by atoms with van der Waals surface area (Å²) in [5, 5.41) is 64.8. The standard InChI is InChI=1S/C34H46O16/c1-12(2)13(3)8-19(36)50-24-26-33-11-46-34(26,31(44)45-6)28(42)23(40)25(33)32(5)15(9-18(33)49-29(24)43)14(4)7-16(27(32)41)47-30-22(39)21(38)20(37)17(10-35)48-30/h7-8,12,14-15,17-18,20-26,28,30,35,37-40,42H,9-11H2,1-6H3/b13-8+/t14?,15?,17-,18-,20-,21-,22-,23-,24-,25?,26-,28?,30-,32+,33?,34+/m1/s1. The fourth-order valence-corrected chi connectivity index (χ4v) is 9.71. The van der Waals surface area contributed by atoms with Crippen LogP contribution in [0.2, 0.25) is 0 Å². The van der Waals surface area contributed by atoms with E-state index < -0.39 is 132 Å². The van der Waals surface area contributed by atoms with E-state index in [0.29, 0.717) is 5.57 Å². The molecular weight excluding hydrogens is 664 g/mol. The zero-order valence-corrected chi connectivity index (χ0v) is 28.6. The third kappa shape index (κ3) is 4.86. The van der Waals surface area contributed by atoms with Gasteiger partial charge in [-0.2, -0.15) is 0 Å². The molecule has 16 atom stereocenters. The molecule has 2 saturated carbocycles. The SMILES string of the molecule is COC(=O)[C@@]12OCC34C([C@@H](O)C1O)[C@@]1(C)C(=O)C(O[C@@H]5O[C@H](CO)[C@@H](O)[C@@H](O)[C@H]5O)=CC(C)C1C[C@H]3OC(=O)[C@H](OC(=O)/C=C(\C)C(C)C)[C@H]42. The number of allylic oxidation sites excluding steroid dienone is 3. The summed E-state index contributed by atoms with van der Waals surface area (Å²) in [5.41, 5.74) is -4.95. The number of aliphatic hydroxyl groups is 6. The zero-order valence-electron chi connectivity index (χ0n) is 28.6. The third-order valence-electron chi connectivity index (χ3n) is 12.4. The van der Waals surface area contributed by atoms with Gasteiger partial charge in [0.2, 0.25) is 23.8 Å². The number of hydrogen-bond donors (Lipinski definition) is 6. The molecule has 0 radical (unpaired) electrons. The number of rotatable bonds is 7. The third-order valence-corrected chi connectivity index (χ3v) is 12.4.